The first-order valence-electron chi connectivity index (χ1n) is 13.1. The second-order valence-electron chi connectivity index (χ2n) is 10.0. The Morgan fingerprint density at radius 3 is 2.18 bits per heavy atom. The minimum absolute atomic E-state index is 0.0225. The van der Waals surface area contributed by atoms with Crippen LogP contribution in [0.3, 0.4) is 0 Å². The highest BCUT2D eigenvalue weighted by molar-refractivity contribution is 5.87. The summed E-state index contributed by atoms with van der Waals surface area (Å²) in [4.78, 5) is 12.3. The summed E-state index contributed by atoms with van der Waals surface area (Å²) in [6, 6.07) is 10.3. The highest BCUT2D eigenvalue weighted by Gasteiger charge is 2.46. The summed E-state index contributed by atoms with van der Waals surface area (Å²) in [5, 5.41) is 91.3. The minimum atomic E-state index is -1.84. The molecule has 0 aliphatic carbocycles. The van der Waals surface area contributed by atoms with E-state index in [0.717, 1.165) is 24.3 Å². The van der Waals surface area contributed by atoms with Gasteiger partial charge in [-0.15, -0.1) is 0 Å². The summed E-state index contributed by atoms with van der Waals surface area (Å²) in [5.41, 5.74) is 0.656. The number of esters is 1. The number of benzene rings is 3. The molecule has 0 amide bonds. The molecule has 0 bridgehead atoms. The summed E-state index contributed by atoms with van der Waals surface area (Å²) in [7, 11) is 0. The molecule has 14 heteroatoms. The molecular weight excluding hydrogens is 584 g/mol. The van der Waals surface area contributed by atoms with Gasteiger partial charge >= 0.3 is 5.97 Å². The molecule has 9 N–H and O–H groups in total. The van der Waals surface area contributed by atoms with Crippen LogP contribution in [0.5, 0.6) is 40.2 Å². The second kappa shape index (κ2) is 12.2. The van der Waals surface area contributed by atoms with E-state index in [1.54, 1.807) is 12.1 Å². The van der Waals surface area contributed by atoms with Crippen molar-refractivity contribution in [3.63, 3.8) is 0 Å². The van der Waals surface area contributed by atoms with E-state index in [2.05, 4.69) is 0 Å². The predicted molar refractivity (Wildman–Crippen MR) is 148 cm³/mol. The molecule has 2 aliphatic rings. The Kier molecular flexibility index (Phi) is 8.42. The highest BCUT2D eigenvalue weighted by Crippen LogP contribution is 2.47. The van der Waals surface area contributed by atoms with Crippen LogP contribution in [0.4, 0.5) is 0 Å². The van der Waals surface area contributed by atoms with Gasteiger partial charge < -0.3 is 64.9 Å². The fraction of sp³-hybridized carbons (Fsp3) is 0.233. The standard InChI is InChI=1S/C30H28O14/c31-15-4-1-13(2-5-15)3-6-24(36)41-12-23-26(38)27(39)28(40)30(44-23)43-22-11-17-18(33)9-16(32)10-21(17)42-29(22)14-7-19(34)25(37)20(35)8-14/h1-11,23,26-35,37-40H,12H2. The number of aromatic hydroxyl groups is 6. The number of carbonyl (C=O) groups is 1. The zero-order chi connectivity index (χ0) is 31.7. The van der Waals surface area contributed by atoms with Crippen LogP contribution in [0.1, 0.15) is 22.8 Å². The Balaban J connectivity index is 1.37. The molecule has 3 aromatic rings. The molecule has 0 aromatic heterocycles. The van der Waals surface area contributed by atoms with Gasteiger partial charge in [-0.1, -0.05) is 12.1 Å². The number of phenolic OH excluding ortho intramolecular Hbond substituents is 6. The SMILES string of the molecule is O=C(C=Cc1ccc(O)cc1)OCC1OC(OC2=Cc3c(O)cc(O)cc3OC2c2cc(O)c(O)c(O)c2)C(O)C(O)C1O. The molecule has 1 fully saturated rings. The summed E-state index contributed by atoms with van der Waals surface area (Å²) < 4.78 is 22.5. The van der Waals surface area contributed by atoms with Crippen LogP contribution in [0.2, 0.25) is 0 Å². The number of phenols is 6. The van der Waals surface area contributed by atoms with Crippen molar-refractivity contribution in [2.75, 3.05) is 6.61 Å². The number of aliphatic hydroxyl groups excluding tert-OH is 3. The molecule has 0 spiro atoms. The number of carbonyl (C=O) groups excluding carboxylic acids is 1. The van der Waals surface area contributed by atoms with Gasteiger partial charge in [-0.25, -0.2) is 4.79 Å². The monoisotopic (exact) mass is 612 g/mol. The molecule has 2 heterocycles. The lowest BCUT2D eigenvalue weighted by atomic mass is 9.98. The molecule has 6 unspecified atom stereocenters. The third kappa shape index (κ3) is 6.28. The summed E-state index contributed by atoms with van der Waals surface area (Å²) in [6.07, 6.45) is -6.01. The second-order valence-corrected chi connectivity index (χ2v) is 10.0. The van der Waals surface area contributed by atoms with E-state index in [9.17, 15) is 50.8 Å². The Bertz CT molecular complexity index is 1570. The lowest BCUT2D eigenvalue weighted by molar-refractivity contribution is -0.294. The number of hydrogen-bond acceptors (Lipinski definition) is 14. The Labute approximate surface area is 248 Å². The largest absolute Gasteiger partial charge is 0.508 e. The van der Waals surface area contributed by atoms with Crippen LogP contribution >= 0.6 is 0 Å². The molecule has 232 valence electrons. The first-order valence-corrected chi connectivity index (χ1v) is 13.1. The summed E-state index contributed by atoms with van der Waals surface area (Å²) in [6.45, 7) is -0.564. The molecule has 3 aromatic carbocycles. The number of fused-ring (bicyclic) bond motifs is 1. The Hall–Kier alpha value is -5.15. The van der Waals surface area contributed by atoms with Gasteiger partial charge in [-0.3, -0.25) is 0 Å². The lowest BCUT2D eigenvalue weighted by Crippen LogP contribution is -2.59. The van der Waals surface area contributed by atoms with E-state index in [4.69, 9.17) is 18.9 Å². The van der Waals surface area contributed by atoms with E-state index < -0.39 is 72.4 Å². The Morgan fingerprint density at radius 2 is 1.50 bits per heavy atom. The van der Waals surface area contributed by atoms with Crippen LogP contribution in [-0.4, -0.2) is 89.2 Å². The lowest BCUT2D eigenvalue weighted by Gasteiger charge is -2.41. The van der Waals surface area contributed by atoms with Gasteiger partial charge in [0, 0.05) is 23.8 Å². The van der Waals surface area contributed by atoms with Crippen molar-refractivity contribution >= 4 is 18.1 Å². The van der Waals surface area contributed by atoms with Crippen molar-refractivity contribution < 1.29 is 69.7 Å². The molecular formula is C30H28O14. The fourth-order valence-corrected chi connectivity index (χ4v) is 4.60. The maximum Gasteiger partial charge on any atom is 0.330 e. The maximum absolute atomic E-state index is 12.3. The Morgan fingerprint density at radius 1 is 0.818 bits per heavy atom. The normalized spacial score (nSPS) is 24.7. The molecule has 44 heavy (non-hydrogen) atoms. The highest BCUT2D eigenvalue weighted by atomic mass is 16.7. The molecule has 0 radical (unpaired) electrons. The van der Waals surface area contributed by atoms with E-state index in [1.165, 1.54) is 30.4 Å². The van der Waals surface area contributed by atoms with Crippen LogP contribution < -0.4 is 4.74 Å². The van der Waals surface area contributed by atoms with Crippen LogP contribution in [0.15, 0.2) is 60.4 Å². The van der Waals surface area contributed by atoms with Gasteiger partial charge in [0.2, 0.25) is 6.29 Å². The quantitative estimate of drug-likeness (QED) is 0.104. The third-order valence-electron chi connectivity index (χ3n) is 6.91. The van der Waals surface area contributed by atoms with Gasteiger partial charge in [0.1, 0.15) is 59.8 Å². The number of aliphatic hydroxyl groups is 3. The average Bonchev–Trinajstić information content (AvgIpc) is 2.98. The molecule has 5 rings (SSSR count). The van der Waals surface area contributed by atoms with E-state index in [-0.39, 0.29) is 34.1 Å². The van der Waals surface area contributed by atoms with Gasteiger partial charge in [0.25, 0.3) is 0 Å². The molecule has 0 saturated carbocycles. The first kappa shape index (κ1) is 30.3. The van der Waals surface area contributed by atoms with Crippen molar-refractivity contribution in [1.82, 2.24) is 0 Å². The molecule has 14 nitrogen and oxygen atoms in total. The zero-order valence-electron chi connectivity index (χ0n) is 22.6. The summed E-state index contributed by atoms with van der Waals surface area (Å²) >= 11 is 0. The van der Waals surface area contributed by atoms with Crippen LogP contribution in [0.25, 0.3) is 12.2 Å². The molecule has 6 atom stereocenters. The maximum atomic E-state index is 12.3. The predicted octanol–water partition coefficient (Wildman–Crippen LogP) is 1.48. The molecule has 1 saturated heterocycles. The van der Waals surface area contributed by atoms with Crippen molar-refractivity contribution in [3.05, 3.63) is 77.1 Å². The fourth-order valence-electron chi connectivity index (χ4n) is 4.60. The summed E-state index contributed by atoms with van der Waals surface area (Å²) in [5.74, 6) is -3.96. The van der Waals surface area contributed by atoms with E-state index in [1.807, 2.05) is 0 Å². The third-order valence-corrected chi connectivity index (χ3v) is 6.91. The van der Waals surface area contributed by atoms with Gasteiger partial charge in [-0.2, -0.15) is 0 Å². The van der Waals surface area contributed by atoms with Gasteiger partial charge in [0.05, 0.1) is 5.56 Å². The van der Waals surface area contributed by atoms with Crippen LogP contribution in [-0.2, 0) is 19.0 Å². The number of rotatable bonds is 7. The zero-order valence-corrected chi connectivity index (χ0v) is 22.6. The van der Waals surface area contributed by atoms with Gasteiger partial charge in [-0.05, 0) is 42.0 Å². The minimum Gasteiger partial charge on any atom is -0.508 e. The van der Waals surface area contributed by atoms with Crippen molar-refractivity contribution in [2.24, 2.45) is 0 Å². The van der Waals surface area contributed by atoms with Crippen molar-refractivity contribution in [3.8, 4) is 40.2 Å². The average molecular weight is 613 g/mol. The van der Waals surface area contributed by atoms with E-state index >= 15 is 0 Å². The topological polar surface area (TPSA) is 236 Å². The first-order chi connectivity index (χ1) is 20.9. The van der Waals surface area contributed by atoms with Gasteiger partial charge in [0.15, 0.2) is 23.4 Å². The van der Waals surface area contributed by atoms with Crippen molar-refractivity contribution in [2.45, 2.75) is 36.8 Å². The number of ether oxygens (including phenoxy) is 4. The number of hydrogen-bond donors (Lipinski definition) is 9. The molecule has 2 aliphatic heterocycles. The van der Waals surface area contributed by atoms with Crippen LogP contribution in [0, 0.1) is 0 Å². The smallest absolute Gasteiger partial charge is 0.330 e. The van der Waals surface area contributed by atoms with E-state index in [0.29, 0.717) is 5.56 Å². The van der Waals surface area contributed by atoms with Crippen molar-refractivity contribution in [1.29, 1.82) is 0 Å².